The van der Waals surface area contributed by atoms with Crippen molar-refractivity contribution in [3.63, 3.8) is 0 Å². The van der Waals surface area contributed by atoms with E-state index in [2.05, 4.69) is 10.3 Å². The van der Waals surface area contributed by atoms with E-state index in [1.165, 1.54) is 6.26 Å². The lowest BCUT2D eigenvalue weighted by atomic mass is 10.4. The molecule has 1 aliphatic heterocycles. The predicted octanol–water partition coefficient (Wildman–Crippen LogP) is -0.545. The zero-order valence-electron chi connectivity index (χ0n) is 9.15. The largest absolute Gasteiger partial charge is 0.355 e. The van der Waals surface area contributed by atoms with E-state index in [1.54, 1.807) is 0 Å². The van der Waals surface area contributed by atoms with Crippen molar-refractivity contribution in [1.29, 1.82) is 0 Å². The third-order valence-corrected chi connectivity index (χ3v) is 5.35. The van der Waals surface area contributed by atoms with Crippen LogP contribution >= 0.6 is 0 Å². The van der Waals surface area contributed by atoms with E-state index in [4.69, 9.17) is 0 Å². The lowest BCUT2D eigenvalue weighted by Crippen LogP contribution is -2.42. The summed E-state index contributed by atoms with van der Waals surface area (Å²) in [6, 6.07) is 0. The van der Waals surface area contributed by atoms with Gasteiger partial charge in [-0.05, 0) is 12.8 Å². The maximum absolute atomic E-state index is 11.5. The molecule has 2 rings (SSSR count). The van der Waals surface area contributed by atoms with Gasteiger partial charge in [-0.15, -0.1) is 0 Å². The minimum atomic E-state index is -2.94. The first kappa shape index (κ1) is 10.7. The second-order valence-electron chi connectivity index (χ2n) is 4.44. The number of likely N-dealkylation sites (N-methyl/N-ethyl adjacent to an activating group) is 1. The van der Waals surface area contributed by atoms with E-state index in [0.717, 1.165) is 31.9 Å². The van der Waals surface area contributed by atoms with Gasteiger partial charge in [0.25, 0.3) is 0 Å². The molecule has 0 bridgehead atoms. The van der Waals surface area contributed by atoms with Crippen molar-refractivity contribution in [2.45, 2.75) is 17.6 Å². The molecule has 5 nitrogen and oxygen atoms in total. The Hall–Kier alpha value is -0.780. The molecular formula is C9H17N3O2S. The summed E-state index contributed by atoms with van der Waals surface area (Å²) in [5, 5.41) is 3.14. The van der Waals surface area contributed by atoms with E-state index in [1.807, 2.05) is 11.9 Å². The molecule has 1 saturated carbocycles. The summed E-state index contributed by atoms with van der Waals surface area (Å²) in [6.07, 6.45) is 2.87. The molecular weight excluding hydrogens is 214 g/mol. The van der Waals surface area contributed by atoms with Gasteiger partial charge < -0.3 is 10.2 Å². The van der Waals surface area contributed by atoms with Gasteiger partial charge in [-0.2, -0.15) is 0 Å². The molecule has 0 aromatic carbocycles. The van der Waals surface area contributed by atoms with Crippen molar-refractivity contribution in [3.8, 4) is 0 Å². The maximum atomic E-state index is 11.5. The first-order valence-electron chi connectivity index (χ1n) is 5.14. The van der Waals surface area contributed by atoms with Crippen LogP contribution in [-0.4, -0.2) is 57.0 Å². The summed E-state index contributed by atoms with van der Waals surface area (Å²) in [5.41, 5.74) is 0. The van der Waals surface area contributed by atoms with Crippen molar-refractivity contribution in [2.75, 3.05) is 32.9 Å². The average molecular weight is 231 g/mol. The van der Waals surface area contributed by atoms with Crippen LogP contribution in [0.15, 0.2) is 4.99 Å². The number of aliphatic imine (C=N–C) groups is 1. The average Bonchev–Trinajstić information content (AvgIpc) is 2.82. The van der Waals surface area contributed by atoms with Gasteiger partial charge in [-0.25, -0.2) is 8.42 Å². The third-order valence-electron chi connectivity index (χ3n) is 3.22. The second kappa shape index (κ2) is 3.37. The second-order valence-corrected chi connectivity index (χ2v) is 6.85. The van der Waals surface area contributed by atoms with Crippen LogP contribution in [0.1, 0.15) is 12.8 Å². The number of hydrogen-bond donors (Lipinski definition) is 1. The lowest BCUT2D eigenvalue weighted by molar-refractivity contribution is 0.528. The summed E-state index contributed by atoms with van der Waals surface area (Å²) in [7, 11) is -0.979. The Morgan fingerprint density at radius 2 is 2.20 bits per heavy atom. The molecule has 0 saturated heterocycles. The molecule has 0 spiro atoms. The van der Waals surface area contributed by atoms with Gasteiger partial charge in [0.05, 0.1) is 11.3 Å². The smallest absolute Gasteiger partial charge is 0.193 e. The monoisotopic (exact) mass is 231 g/mol. The lowest BCUT2D eigenvalue weighted by Gasteiger charge is -2.19. The Labute approximate surface area is 90.5 Å². The van der Waals surface area contributed by atoms with Gasteiger partial charge in [0.15, 0.2) is 15.8 Å². The predicted molar refractivity (Wildman–Crippen MR) is 59.7 cm³/mol. The minimum Gasteiger partial charge on any atom is -0.355 e. The van der Waals surface area contributed by atoms with Gasteiger partial charge >= 0.3 is 0 Å². The molecule has 2 aliphatic rings. The van der Waals surface area contributed by atoms with Crippen molar-refractivity contribution in [1.82, 2.24) is 10.2 Å². The summed E-state index contributed by atoms with van der Waals surface area (Å²) < 4.78 is 22.5. The molecule has 1 fully saturated rings. The van der Waals surface area contributed by atoms with Crippen molar-refractivity contribution >= 4 is 15.8 Å². The molecule has 1 heterocycles. The van der Waals surface area contributed by atoms with Gasteiger partial charge in [0, 0.05) is 26.4 Å². The topological polar surface area (TPSA) is 61.8 Å². The van der Waals surface area contributed by atoms with E-state index >= 15 is 0 Å². The van der Waals surface area contributed by atoms with Crippen LogP contribution in [0.5, 0.6) is 0 Å². The highest BCUT2D eigenvalue weighted by Gasteiger charge is 2.52. The normalized spacial score (nSPS) is 23.9. The van der Waals surface area contributed by atoms with Crippen LogP contribution in [0.4, 0.5) is 0 Å². The quantitative estimate of drug-likeness (QED) is 0.708. The van der Waals surface area contributed by atoms with Crippen molar-refractivity contribution in [3.05, 3.63) is 0 Å². The SMILES string of the molecule is CN1CCN=C1NCC1(S(C)(=O)=O)CC1. The Balaban J connectivity index is 1.94. The fraction of sp³-hybridized carbons (Fsp3) is 0.889. The zero-order valence-corrected chi connectivity index (χ0v) is 9.97. The van der Waals surface area contributed by atoms with Crippen molar-refractivity contribution in [2.24, 2.45) is 4.99 Å². The fourth-order valence-corrected chi connectivity index (χ4v) is 2.96. The fourth-order valence-electron chi connectivity index (χ4n) is 1.78. The van der Waals surface area contributed by atoms with Gasteiger partial charge in [-0.3, -0.25) is 4.99 Å². The minimum absolute atomic E-state index is 0.495. The zero-order chi connectivity index (χ0) is 11.1. The highest BCUT2D eigenvalue weighted by molar-refractivity contribution is 7.92. The third kappa shape index (κ3) is 1.95. The summed E-state index contributed by atoms with van der Waals surface area (Å²) in [6.45, 7) is 2.20. The first-order chi connectivity index (χ1) is 6.95. The molecule has 0 aromatic heterocycles. The van der Waals surface area contributed by atoms with Crippen LogP contribution in [0, 0.1) is 0 Å². The number of nitrogens with one attached hydrogen (secondary N) is 1. The van der Waals surface area contributed by atoms with Gasteiger partial charge in [-0.1, -0.05) is 0 Å². The highest BCUT2D eigenvalue weighted by atomic mass is 32.2. The summed E-state index contributed by atoms with van der Waals surface area (Å²) in [4.78, 5) is 6.28. The van der Waals surface area contributed by atoms with E-state index < -0.39 is 14.6 Å². The molecule has 6 heteroatoms. The molecule has 0 atom stereocenters. The molecule has 15 heavy (non-hydrogen) atoms. The Bertz CT molecular complexity index is 384. The van der Waals surface area contributed by atoms with Crippen LogP contribution in [-0.2, 0) is 9.84 Å². The number of nitrogens with zero attached hydrogens (tertiary/aromatic N) is 2. The van der Waals surface area contributed by atoms with Crippen molar-refractivity contribution < 1.29 is 8.42 Å². The van der Waals surface area contributed by atoms with Crippen LogP contribution in [0.3, 0.4) is 0 Å². The molecule has 86 valence electrons. The number of guanidine groups is 1. The van der Waals surface area contributed by atoms with Crippen LogP contribution < -0.4 is 5.32 Å². The first-order valence-corrected chi connectivity index (χ1v) is 7.03. The molecule has 0 radical (unpaired) electrons. The molecule has 0 aromatic rings. The standard InChI is InChI=1S/C9H17N3O2S/c1-12-6-5-10-8(12)11-7-9(3-4-9)15(2,13)14/h3-7H2,1-2H3,(H,10,11). The van der Waals surface area contributed by atoms with Gasteiger partial charge in [0.2, 0.25) is 0 Å². The Morgan fingerprint density at radius 1 is 1.53 bits per heavy atom. The Kier molecular flexibility index (Phi) is 2.41. The summed E-state index contributed by atoms with van der Waals surface area (Å²) in [5.74, 6) is 0.824. The molecule has 1 N–H and O–H groups in total. The van der Waals surface area contributed by atoms with E-state index in [-0.39, 0.29) is 0 Å². The highest BCUT2D eigenvalue weighted by Crippen LogP contribution is 2.42. The summed E-state index contributed by atoms with van der Waals surface area (Å²) >= 11 is 0. The number of hydrogen-bond acceptors (Lipinski definition) is 5. The maximum Gasteiger partial charge on any atom is 0.193 e. The molecule has 0 unspecified atom stereocenters. The van der Waals surface area contributed by atoms with Crippen LogP contribution in [0.2, 0.25) is 0 Å². The molecule has 0 amide bonds. The number of sulfone groups is 1. The number of rotatable bonds is 3. The van der Waals surface area contributed by atoms with E-state index in [9.17, 15) is 8.42 Å². The molecule has 1 aliphatic carbocycles. The Morgan fingerprint density at radius 3 is 2.60 bits per heavy atom. The van der Waals surface area contributed by atoms with E-state index in [0.29, 0.717) is 6.54 Å². The van der Waals surface area contributed by atoms with Crippen LogP contribution in [0.25, 0.3) is 0 Å². The van der Waals surface area contributed by atoms with Gasteiger partial charge in [0.1, 0.15) is 0 Å².